The van der Waals surface area contributed by atoms with E-state index < -0.39 is 0 Å². The summed E-state index contributed by atoms with van der Waals surface area (Å²) in [5.74, 6) is 1.72. The van der Waals surface area contributed by atoms with E-state index in [0.29, 0.717) is 17.5 Å². The number of hydrogen-bond acceptors (Lipinski definition) is 5. The second kappa shape index (κ2) is 12.8. The van der Waals surface area contributed by atoms with Crippen molar-refractivity contribution in [1.29, 1.82) is 0 Å². The first kappa shape index (κ1) is 32.4. The summed E-state index contributed by atoms with van der Waals surface area (Å²) in [5.41, 5.74) is 10.4. The highest BCUT2D eigenvalue weighted by molar-refractivity contribution is 6.17. The minimum atomic E-state index is 0.564. The van der Waals surface area contributed by atoms with E-state index >= 15 is 0 Å². The van der Waals surface area contributed by atoms with Gasteiger partial charge in [0.25, 0.3) is 0 Å². The molecule has 5 nitrogen and oxygen atoms in total. The van der Waals surface area contributed by atoms with Gasteiger partial charge < -0.3 is 8.83 Å². The standard InChI is InChI=1S/C53H31N3O2/c1-2-14-33(15-3-1)36-29-30-39(38-18-7-6-17-37(36)38)40-20-10-21-42-49-44(23-12-26-47(49)58-50(40)42)53-55-51(35-28-27-32-13-4-5-16-34(32)31-35)54-52(56-53)43-22-11-25-46-48(43)41-19-8-9-24-45(41)57-46/h1-31H. The SMILES string of the molecule is c1ccc(-c2ccc(-c3cccc4c3oc3cccc(-c5nc(-c6ccc7ccccc7c6)nc(-c6cccc7oc8ccccc8c67)n5)c34)c3ccccc23)cc1. The van der Waals surface area contributed by atoms with E-state index in [2.05, 4.69) is 146 Å². The number of benzene rings is 9. The van der Waals surface area contributed by atoms with Crippen molar-refractivity contribution < 1.29 is 8.83 Å². The van der Waals surface area contributed by atoms with Crippen LogP contribution in [-0.2, 0) is 0 Å². The number of rotatable bonds is 5. The molecule has 0 N–H and O–H groups in total. The monoisotopic (exact) mass is 741 g/mol. The zero-order valence-electron chi connectivity index (χ0n) is 31.1. The molecule has 9 aromatic carbocycles. The number of aromatic nitrogens is 3. The lowest BCUT2D eigenvalue weighted by molar-refractivity contribution is 0.669. The summed E-state index contributed by atoms with van der Waals surface area (Å²) in [6.45, 7) is 0. The van der Waals surface area contributed by atoms with Gasteiger partial charge >= 0.3 is 0 Å². The van der Waals surface area contributed by atoms with Gasteiger partial charge in [0.1, 0.15) is 22.3 Å². The van der Waals surface area contributed by atoms with Crippen molar-refractivity contribution >= 4 is 65.4 Å². The van der Waals surface area contributed by atoms with Crippen molar-refractivity contribution in [2.24, 2.45) is 0 Å². The molecule has 0 radical (unpaired) electrons. The molecule has 0 saturated heterocycles. The van der Waals surface area contributed by atoms with Crippen LogP contribution in [0.2, 0.25) is 0 Å². The predicted octanol–water partition coefficient (Wildman–Crippen LogP) is 14.3. The molecule has 0 aliphatic rings. The fourth-order valence-corrected chi connectivity index (χ4v) is 8.68. The summed E-state index contributed by atoms with van der Waals surface area (Å²) in [6, 6.07) is 65.1. The third-order valence-corrected chi connectivity index (χ3v) is 11.3. The maximum Gasteiger partial charge on any atom is 0.164 e. The Bertz CT molecular complexity index is 3580. The minimum Gasteiger partial charge on any atom is -0.456 e. The van der Waals surface area contributed by atoms with Gasteiger partial charge in [-0.25, -0.2) is 15.0 Å². The Labute approximate surface area is 332 Å². The summed E-state index contributed by atoms with van der Waals surface area (Å²) < 4.78 is 13.2. The van der Waals surface area contributed by atoms with Crippen LogP contribution in [0.25, 0.3) is 122 Å². The molecule has 3 aromatic heterocycles. The first-order chi connectivity index (χ1) is 28.7. The first-order valence-corrected chi connectivity index (χ1v) is 19.4. The summed E-state index contributed by atoms with van der Waals surface area (Å²) in [6.07, 6.45) is 0. The zero-order chi connectivity index (χ0) is 38.2. The van der Waals surface area contributed by atoms with Crippen LogP contribution in [0.4, 0.5) is 0 Å². The summed E-state index contributed by atoms with van der Waals surface area (Å²) >= 11 is 0. The fourth-order valence-electron chi connectivity index (χ4n) is 8.68. The molecule has 12 aromatic rings. The number of fused-ring (bicyclic) bond motifs is 8. The van der Waals surface area contributed by atoms with Crippen molar-refractivity contribution in [1.82, 2.24) is 15.0 Å². The fraction of sp³-hybridized carbons (Fsp3) is 0. The van der Waals surface area contributed by atoms with Crippen molar-refractivity contribution in [2.75, 3.05) is 0 Å². The van der Waals surface area contributed by atoms with Crippen LogP contribution in [0.3, 0.4) is 0 Å². The summed E-state index contributed by atoms with van der Waals surface area (Å²) in [7, 11) is 0. The molecule has 270 valence electrons. The van der Waals surface area contributed by atoms with Crippen LogP contribution >= 0.6 is 0 Å². The van der Waals surface area contributed by atoms with Gasteiger partial charge in [-0.3, -0.25) is 0 Å². The molecule has 0 saturated carbocycles. The van der Waals surface area contributed by atoms with E-state index in [4.69, 9.17) is 23.8 Å². The maximum absolute atomic E-state index is 6.85. The normalized spacial score (nSPS) is 11.8. The van der Waals surface area contributed by atoms with Crippen molar-refractivity contribution in [3.8, 4) is 56.4 Å². The third kappa shape index (κ3) is 5.07. The van der Waals surface area contributed by atoms with Gasteiger partial charge in [-0.1, -0.05) is 164 Å². The Morgan fingerprint density at radius 1 is 0.293 bits per heavy atom. The maximum atomic E-state index is 6.85. The highest BCUT2D eigenvalue weighted by Gasteiger charge is 2.22. The average molecular weight is 742 g/mol. The van der Waals surface area contributed by atoms with Crippen LogP contribution < -0.4 is 0 Å². The molecule has 58 heavy (non-hydrogen) atoms. The second-order valence-corrected chi connectivity index (χ2v) is 14.7. The van der Waals surface area contributed by atoms with Gasteiger partial charge in [0.15, 0.2) is 17.5 Å². The number of para-hydroxylation sites is 2. The molecule has 0 spiro atoms. The number of furan rings is 2. The smallest absolute Gasteiger partial charge is 0.164 e. The molecular weight excluding hydrogens is 711 g/mol. The van der Waals surface area contributed by atoms with Crippen molar-refractivity contribution in [3.05, 3.63) is 188 Å². The largest absolute Gasteiger partial charge is 0.456 e. The van der Waals surface area contributed by atoms with E-state index in [1.807, 2.05) is 42.5 Å². The highest BCUT2D eigenvalue weighted by atomic mass is 16.3. The highest BCUT2D eigenvalue weighted by Crippen LogP contribution is 2.44. The molecule has 12 rings (SSSR count). The molecule has 0 unspecified atom stereocenters. The minimum absolute atomic E-state index is 0.564. The van der Waals surface area contributed by atoms with Gasteiger partial charge in [-0.15, -0.1) is 0 Å². The lowest BCUT2D eigenvalue weighted by atomic mass is 9.91. The van der Waals surface area contributed by atoms with Crippen molar-refractivity contribution in [3.63, 3.8) is 0 Å². The van der Waals surface area contributed by atoms with Crippen LogP contribution in [0.1, 0.15) is 0 Å². The first-order valence-electron chi connectivity index (χ1n) is 19.4. The molecule has 0 amide bonds. The van der Waals surface area contributed by atoms with Gasteiger partial charge in [-0.05, 0) is 62.5 Å². The van der Waals surface area contributed by atoms with Crippen LogP contribution in [0, 0.1) is 0 Å². The quantitative estimate of drug-likeness (QED) is 0.176. The average Bonchev–Trinajstić information content (AvgIpc) is 3.88. The molecule has 0 aliphatic heterocycles. The van der Waals surface area contributed by atoms with Crippen molar-refractivity contribution in [2.45, 2.75) is 0 Å². The third-order valence-electron chi connectivity index (χ3n) is 11.3. The van der Waals surface area contributed by atoms with E-state index in [0.717, 1.165) is 82.5 Å². The molecular formula is C53H31N3O2. The lowest BCUT2D eigenvalue weighted by Gasteiger charge is -2.12. The van der Waals surface area contributed by atoms with Crippen LogP contribution in [-0.4, -0.2) is 15.0 Å². The zero-order valence-corrected chi connectivity index (χ0v) is 31.1. The van der Waals surface area contributed by atoms with E-state index in [9.17, 15) is 0 Å². The molecule has 5 heteroatoms. The number of nitrogens with zero attached hydrogens (tertiary/aromatic N) is 3. The van der Waals surface area contributed by atoms with E-state index in [-0.39, 0.29) is 0 Å². The Morgan fingerprint density at radius 2 is 0.845 bits per heavy atom. The predicted molar refractivity (Wildman–Crippen MR) is 237 cm³/mol. The van der Waals surface area contributed by atoms with Gasteiger partial charge in [0.05, 0.1) is 0 Å². The molecule has 3 heterocycles. The topological polar surface area (TPSA) is 65.0 Å². The summed E-state index contributed by atoms with van der Waals surface area (Å²) in [5, 5.41) is 8.58. The van der Waals surface area contributed by atoms with Gasteiger partial charge in [0.2, 0.25) is 0 Å². The second-order valence-electron chi connectivity index (χ2n) is 14.7. The van der Waals surface area contributed by atoms with Crippen LogP contribution in [0.15, 0.2) is 197 Å². The Balaban J connectivity index is 1.09. The number of hydrogen-bond donors (Lipinski definition) is 0. The Kier molecular flexibility index (Phi) is 7.16. The summed E-state index contributed by atoms with van der Waals surface area (Å²) in [4.78, 5) is 15.7. The molecule has 0 aliphatic carbocycles. The van der Waals surface area contributed by atoms with Gasteiger partial charge in [0, 0.05) is 43.8 Å². The van der Waals surface area contributed by atoms with E-state index in [1.165, 1.54) is 21.9 Å². The molecule has 0 atom stereocenters. The Morgan fingerprint density at radius 3 is 1.64 bits per heavy atom. The molecule has 0 bridgehead atoms. The Hall–Kier alpha value is -7.89. The van der Waals surface area contributed by atoms with Gasteiger partial charge in [-0.2, -0.15) is 0 Å². The molecule has 0 fully saturated rings. The van der Waals surface area contributed by atoms with Crippen LogP contribution in [0.5, 0.6) is 0 Å². The lowest BCUT2D eigenvalue weighted by Crippen LogP contribution is -2.00. The van der Waals surface area contributed by atoms with E-state index in [1.54, 1.807) is 0 Å².